The Hall–Kier alpha value is -2.24. The quantitative estimate of drug-likeness (QED) is 0.822. The Morgan fingerprint density at radius 2 is 1.91 bits per heavy atom. The van der Waals surface area contributed by atoms with Gasteiger partial charge in [0.25, 0.3) is 0 Å². The van der Waals surface area contributed by atoms with E-state index in [0.29, 0.717) is 18.0 Å². The number of hydrogen-bond donors (Lipinski definition) is 2. The van der Waals surface area contributed by atoms with Crippen molar-refractivity contribution < 1.29 is 19.3 Å². The minimum absolute atomic E-state index is 0.177. The average molecular weight is 315 g/mol. The molecule has 3 rings (SSSR count). The van der Waals surface area contributed by atoms with Crippen LogP contribution in [0.1, 0.15) is 18.5 Å². The molecule has 2 N–H and O–H groups in total. The highest BCUT2D eigenvalue weighted by Crippen LogP contribution is 2.35. The van der Waals surface area contributed by atoms with Crippen LogP contribution in [0, 0.1) is 0 Å². The van der Waals surface area contributed by atoms with E-state index in [1.54, 1.807) is 18.2 Å². The van der Waals surface area contributed by atoms with Crippen molar-refractivity contribution in [1.29, 1.82) is 0 Å². The molecule has 122 valence electrons. The lowest BCUT2D eigenvalue weighted by atomic mass is 10.1. The van der Waals surface area contributed by atoms with Gasteiger partial charge in [0.15, 0.2) is 11.5 Å². The fourth-order valence-electron chi connectivity index (χ4n) is 2.39. The predicted molar refractivity (Wildman–Crippen MR) is 86.9 cm³/mol. The van der Waals surface area contributed by atoms with Crippen LogP contribution in [0.4, 0.5) is 0 Å². The Morgan fingerprint density at radius 3 is 2.74 bits per heavy atom. The van der Waals surface area contributed by atoms with Crippen LogP contribution in [0.3, 0.4) is 0 Å². The van der Waals surface area contributed by atoms with E-state index in [-0.39, 0.29) is 19.4 Å². The molecule has 2 aromatic carbocycles. The largest absolute Gasteiger partial charge is 0.491 e. The number of hydrogen-bond acceptors (Lipinski definition) is 5. The smallest absolute Gasteiger partial charge is 0.231 e. The maximum Gasteiger partial charge on any atom is 0.231 e. The van der Waals surface area contributed by atoms with Crippen LogP contribution in [0.2, 0.25) is 0 Å². The van der Waals surface area contributed by atoms with Gasteiger partial charge in [-0.25, -0.2) is 0 Å². The Kier molecular flexibility index (Phi) is 5.00. The van der Waals surface area contributed by atoms with Gasteiger partial charge in [-0.2, -0.15) is 0 Å². The molecular formula is C18H21NO4. The van der Waals surface area contributed by atoms with Crippen molar-refractivity contribution in [3.8, 4) is 17.2 Å². The minimum atomic E-state index is -0.591. The summed E-state index contributed by atoms with van der Waals surface area (Å²) in [6.07, 6.45) is -0.591. The first-order chi connectivity index (χ1) is 11.2. The van der Waals surface area contributed by atoms with Gasteiger partial charge >= 0.3 is 0 Å². The summed E-state index contributed by atoms with van der Waals surface area (Å²) in [5.41, 5.74) is 1.19. The number of nitrogens with one attached hydrogen (secondary N) is 1. The third kappa shape index (κ3) is 4.15. The molecule has 2 aromatic rings. The van der Waals surface area contributed by atoms with Gasteiger partial charge in [-0.3, -0.25) is 0 Å². The number of fused-ring (bicyclic) bond motifs is 1. The summed E-state index contributed by atoms with van der Waals surface area (Å²) in [6, 6.07) is 15.7. The lowest BCUT2D eigenvalue weighted by Crippen LogP contribution is -2.33. The highest BCUT2D eigenvalue weighted by molar-refractivity contribution is 5.46. The first kappa shape index (κ1) is 15.6. The number of rotatable bonds is 7. The second-order valence-electron chi connectivity index (χ2n) is 5.52. The highest BCUT2D eigenvalue weighted by Gasteiger charge is 2.14. The van der Waals surface area contributed by atoms with E-state index in [4.69, 9.17) is 14.2 Å². The monoisotopic (exact) mass is 315 g/mol. The van der Waals surface area contributed by atoms with E-state index in [9.17, 15) is 5.11 Å². The van der Waals surface area contributed by atoms with E-state index >= 15 is 0 Å². The molecule has 0 saturated carbocycles. The van der Waals surface area contributed by atoms with Gasteiger partial charge in [-0.05, 0) is 24.6 Å². The van der Waals surface area contributed by atoms with Crippen LogP contribution in [0.5, 0.6) is 17.2 Å². The topological polar surface area (TPSA) is 60.0 Å². The molecule has 5 heteroatoms. The minimum Gasteiger partial charge on any atom is -0.491 e. The van der Waals surface area contributed by atoms with Gasteiger partial charge in [-0.1, -0.05) is 30.3 Å². The molecule has 0 radical (unpaired) electrons. The fourth-order valence-corrected chi connectivity index (χ4v) is 2.39. The molecule has 23 heavy (non-hydrogen) atoms. The van der Waals surface area contributed by atoms with E-state index in [0.717, 1.165) is 5.75 Å². The lowest BCUT2D eigenvalue weighted by Gasteiger charge is -2.18. The second-order valence-corrected chi connectivity index (χ2v) is 5.52. The van der Waals surface area contributed by atoms with Crippen molar-refractivity contribution in [3.05, 3.63) is 54.1 Å². The van der Waals surface area contributed by atoms with Gasteiger partial charge in [0, 0.05) is 18.7 Å². The molecule has 1 aliphatic rings. The molecule has 0 saturated heterocycles. The molecule has 5 nitrogen and oxygen atoms in total. The predicted octanol–water partition coefficient (Wildman–Crippen LogP) is 2.51. The lowest BCUT2D eigenvalue weighted by molar-refractivity contribution is 0.104. The van der Waals surface area contributed by atoms with Crippen LogP contribution >= 0.6 is 0 Å². The zero-order valence-corrected chi connectivity index (χ0v) is 13.1. The van der Waals surface area contributed by atoms with Crippen LogP contribution in [-0.2, 0) is 0 Å². The molecule has 0 spiro atoms. The van der Waals surface area contributed by atoms with Gasteiger partial charge in [-0.15, -0.1) is 0 Å². The van der Waals surface area contributed by atoms with Crippen LogP contribution in [0.15, 0.2) is 48.5 Å². The third-order valence-corrected chi connectivity index (χ3v) is 3.75. The van der Waals surface area contributed by atoms with E-state index in [2.05, 4.69) is 24.4 Å². The van der Waals surface area contributed by atoms with Gasteiger partial charge in [0.2, 0.25) is 6.79 Å². The number of benzene rings is 2. The molecular weight excluding hydrogens is 294 g/mol. The summed E-state index contributed by atoms with van der Waals surface area (Å²) in [7, 11) is 0. The summed E-state index contributed by atoms with van der Waals surface area (Å²) in [6.45, 7) is 2.98. The van der Waals surface area contributed by atoms with E-state index in [1.165, 1.54) is 5.56 Å². The van der Waals surface area contributed by atoms with Crippen LogP contribution < -0.4 is 19.5 Å². The van der Waals surface area contributed by atoms with Crippen molar-refractivity contribution in [2.45, 2.75) is 19.1 Å². The average Bonchev–Trinajstić information content (AvgIpc) is 3.06. The molecule has 2 atom stereocenters. The van der Waals surface area contributed by atoms with Gasteiger partial charge in [0.05, 0.1) is 0 Å². The molecule has 0 aliphatic carbocycles. The molecule has 0 unspecified atom stereocenters. The summed E-state index contributed by atoms with van der Waals surface area (Å²) < 4.78 is 16.2. The van der Waals surface area contributed by atoms with E-state index in [1.807, 2.05) is 18.2 Å². The third-order valence-electron chi connectivity index (χ3n) is 3.75. The zero-order chi connectivity index (χ0) is 16.1. The van der Waals surface area contributed by atoms with Gasteiger partial charge < -0.3 is 24.6 Å². The van der Waals surface area contributed by atoms with Crippen LogP contribution in [0.25, 0.3) is 0 Å². The summed E-state index contributed by atoms with van der Waals surface area (Å²) in [5, 5.41) is 13.4. The Balaban J connectivity index is 1.44. The molecule has 1 heterocycles. The first-order valence-corrected chi connectivity index (χ1v) is 7.71. The highest BCUT2D eigenvalue weighted by atomic mass is 16.7. The number of aliphatic hydroxyl groups excluding tert-OH is 1. The molecule has 0 fully saturated rings. The number of aliphatic hydroxyl groups is 1. The molecule has 0 bridgehead atoms. The Labute approximate surface area is 135 Å². The van der Waals surface area contributed by atoms with Crippen LogP contribution in [-0.4, -0.2) is 31.2 Å². The van der Waals surface area contributed by atoms with Crippen molar-refractivity contribution >= 4 is 0 Å². The SMILES string of the molecule is C[C@H](NC[C@@H](O)COc1ccc2c(c1)OCO2)c1ccccc1. The molecule has 0 amide bonds. The standard InChI is InChI=1S/C18H21NO4/c1-13(14-5-3-2-4-6-14)19-10-15(20)11-21-16-7-8-17-18(9-16)23-12-22-17/h2-9,13,15,19-20H,10-12H2,1H3/t13-,15+/m0/s1. The molecule has 1 aliphatic heterocycles. The van der Waals surface area contributed by atoms with Crippen molar-refractivity contribution in [2.24, 2.45) is 0 Å². The zero-order valence-electron chi connectivity index (χ0n) is 13.1. The molecule has 0 aromatic heterocycles. The first-order valence-electron chi connectivity index (χ1n) is 7.71. The van der Waals surface area contributed by atoms with Crippen molar-refractivity contribution in [3.63, 3.8) is 0 Å². The van der Waals surface area contributed by atoms with E-state index < -0.39 is 6.10 Å². The number of ether oxygens (including phenoxy) is 3. The fraction of sp³-hybridized carbons (Fsp3) is 0.333. The summed E-state index contributed by atoms with van der Waals surface area (Å²) >= 11 is 0. The summed E-state index contributed by atoms with van der Waals surface area (Å²) in [4.78, 5) is 0. The Morgan fingerprint density at radius 1 is 1.13 bits per heavy atom. The normalized spacial score (nSPS) is 15.2. The second kappa shape index (κ2) is 7.35. The maximum absolute atomic E-state index is 10.1. The van der Waals surface area contributed by atoms with Crippen molar-refractivity contribution in [2.75, 3.05) is 19.9 Å². The van der Waals surface area contributed by atoms with Crippen molar-refractivity contribution in [1.82, 2.24) is 5.32 Å². The van der Waals surface area contributed by atoms with Gasteiger partial charge in [0.1, 0.15) is 18.5 Å². The maximum atomic E-state index is 10.1. The Bertz CT molecular complexity index is 632. The summed E-state index contributed by atoms with van der Waals surface area (Å²) in [5.74, 6) is 2.05.